The number of rotatable bonds is 3. The second-order valence-electron chi connectivity index (χ2n) is 4.52. The summed E-state index contributed by atoms with van der Waals surface area (Å²) in [5.41, 5.74) is 1.10. The molecule has 0 aliphatic heterocycles. The van der Waals surface area contributed by atoms with Crippen LogP contribution >= 0.6 is 31.9 Å². The normalized spacial score (nSPS) is 13.0. The maximum Gasteiger partial charge on any atom is 0.124 e. The monoisotopic (exact) mass is 390 g/mol. The highest BCUT2D eigenvalue weighted by molar-refractivity contribution is 9.10. The molecule has 0 amide bonds. The van der Waals surface area contributed by atoms with E-state index >= 15 is 0 Å². The largest absolute Gasteiger partial charge is 0.382 e. The van der Waals surface area contributed by atoms with E-state index in [9.17, 15) is 9.50 Å². The van der Waals surface area contributed by atoms with Crippen LogP contribution < -0.4 is 0 Å². The summed E-state index contributed by atoms with van der Waals surface area (Å²) in [4.78, 5) is 0. The van der Waals surface area contributed by atoms with Crippen LogP contribution in [0.4, 0.5) is 4.39 Å². The molecule has 0 radical (unpaired) electrons. The highest BCUT2D eigenvalue weighted by Crippen LogP contribution is 2.31. The number of halogens is 3. The van der Waals surface area contributed by atoms with Crippen LogP contribution in [0, 0.1) is 5.82 Å². The Kier molecular flexibility index (Phi) is 4.43. The van der Waals surface area contributed by atoms with Gasteiger partial charge in [0.05, 0.1) is 16.4 Å². The summed E-state index contributed by atoms with van der Waals surface area (Å²) in [6, 6.07) is 4.47. The summed E-state index contributed by atoms with van der Waals surface area (Å²) in [5.74, 6) is -0.393. The van der Waals surface area contributed by atoms with E-state index < -0.39 is 11.9 Å². The van der Waals surface area contributed by atoms with E-state index in [1.165, 1.54) is 12.1 Å². The molecule has 1 aromatic carbocycles. The Morgan fingerprint density at radius 3 is 2.53 bits per heavy atom. The fourth-order valence-electron chi connectivity index (χ4n) is 1.91. The lowest BCUT2D eigenvalue weighted by molar-refractivity contribution is 0.203. The van der Waals surface area contributed by atoms with E-state index in [1.54, 1.807) is 16.9 Å². The smallest absolute Gasteiger partial charge is 0.124 e. The predicted molar refractivity (Wildman–Crippen MR) is 78.5 cm³/mol. The first-order chi connectivity index (χ1) is 8.90. The minimum absolute atomic E-state index is 0.105. The van der Waals surface area contributed by atoms with Gasteiger partial charge in [-0.3, -0.25) is 4.68 Å². The molecule has 0 fully saturated rings. The lowest BCUT2D eigenvalue weighted by Gasteiger charge is -2.17. The second kappa shape index (κ2) is 5.73. The molecule has 1 aromatic heterocycles. The average molecular weight is 392 g/mol. The summed E-state index contributed by atoms with van der Waals surface area (Å²) in [6.45, 7) is 3.94. The molecule has 2 aromatic rings. The Hall–Kier alpha value is -0.720. The van der Waals surface area contributed by atoms with Crippen molar-refractivity contribution in [1.82, 2.24) is 9.78 Å². The Labute approximate surface area is 127 Å². The van der Waals surface area contributed by atoms with E-state index in [2.05, 4.69) is 37.0 Å². The number of benzene rings is 1. The molecule has 19 heavy (non-hydrogen) atoms. The molecular formula is C13H13Br2FN2O. The minimum Gasteiger partial charge on any atom is -0.382 e. The predicted octanol–water partition coefficient (Wildman–Crippen LogP) is 4.21. The standard InChI is InChI=1S/C13H13Br2FN2O/c1-7(2)18-12(11(15)6-17-18)13(19)8-3-9(14)5-10(16)4-8/h3-7,13,19H,1-2H3. The molecule has 0 aliphatic rings. The zero-order valence-corrected chi connectivity index (χ0v) is 13.6. The Morgan fingerprint density at radius 2 is 1.95 bits per heavy atom. The highest BCUT2D eigenvalue weighted by atomic mass is 79.9. The molecule has 0 saturated carbocycles. The summed E-state index contributed by atoms with van der Waals surface area (Å²) in [6.07, 6.45) is 0.693. The third kappa shape index (κ3) is 3.07. The highest BCUT2D eigenvalue weighted by Gasteiger charge is 2.21. The molecule has 0 aliphatic carbocycles. The van der Waals surface area contributed by atoms with Gasteiger partial charge in [-0.1, -0.05) is 15.9 Å². The van der Waals surface area contributed by atoms with Gasteiger partial charge in [0.25, 0.3) is 0 Å². The zero-order valence-electron chi connectivity index (χ0n) is 10.4. The lowest BCUT2D eigenvalue weighted by atomic mass is 10.1. The van der Waals surface area contributed by atoms with Crippen LogP contribution in [-0.2, 0) is 0 Å². The number of hydrogen-bond donors (Lipinski definition) is 1. The van der Waals surface area contributed by atoms with Gasteiger partial charge >= 0.3 is 0 Å². The third-order valence-corrected chi connectivity index (χ3v) is 3.80. The maximum absolute atomic E-state index is 13.4. The van der Waals surface area contributed by atoms with Crippen molar-refractivity contribution in [2.75, 3.05) is 0 Å². The molecule has 0 bridgehead atoms. The first kappa shape index (κ1) is 14.7. The molecule has 2 rings (SSSR count). The quantitative estimate of drug-likeness (QED) is 0.850. The van der Waals surface area contributed by atoms with Crippen molar-refractivity contribution in [3.63, 3.8) is 0 Å². The number of aromatic nitrogens is 2. The van der Waals surface area contributed by atoms with E-state index in [4.69, 9.17) is 0 Å². The van der Waals surface area contributed by atoms with Gasteiger partial charge in [0.2, 0.25) is 0 Å². The van der Waals surface area contributed by atoms with Crippen LogP contribution in [0.15, 0.2) is 33.3 Å². The van der Waals surface area contributed by atoms with E-state index in [0.29, 0.717) is 20.2 Å². The van der Waals surface area contributed by atoms with Gasteiger partial charge in [0.1, 0.15) is 11.9 Å². The molecule has 102 valence electrons. The Balaban J connectivity index is 2.49. The Morgan fingerprint density at radius 1 is 1.26 bits per heavy atom. The van der Waals surface area contributed by atoms with Gasteiger partial charge < -0.3 is 5.11 Å². The van der Waals surface area contributed by atoms with Crippen LogP contribution in [-0.4, -0.2) is 14.9 Å². The van der Waals surface area contributed by atoms with Crippen molar-refractivity contribution in [2.45, 2.75) is 26.0 Å². The molecule has 3 nitrogen and oxygen atoms in total. The van der Waals surface area contributed by atoms with Crippen LogP contribution in [0.3, 0.4) is 0 Å². The topological polar surface area (TPSA) is 38.0 Å². The van der Waals surface area contributed by atoms with Gasteiger partial charge in [-0.05, 0) is 53.5 Å². The lowest BCUT2D eigenvalue weighted by Crippen LogP contribution is -2.12. The van der Waals surface area contributed by atoms with Gasteiger partial charge in [-0.25, -0.2) is 4.39 Å². The molecule has 1 N–H and O–H groups in total. The van der Waals surface area contributed by atoms with Crippen molar-refractivity contribution >= 4 is 31.9 Å². The molecule has 0 spiro atoms. The first-order valence-electron chi connectivity index (χ1n) is 5.77. The molecule has 1 atom stereocenters. The van der Waals surface area contributed by atoms with Crippen LogP contribution in [0.5, 0.6) is 0 Å². The van der Waals surface area contributed by atoms with Gasteiger partial charge in [-0.15, -0.1) is 0 Å². The van der Waals surface area contributed by atoms with Gasteiger partial charge in [-0.2, -0.15) is 5.10 Å². The fraction of sp³-hybridized carbons (Fsp3) is 0.308. The van der Waals surface area contributed by atoms with E-state index in [0.717, 1.165) is 0 Å². The van der Waals surface area contributed by atoms with Crippen molar-refractivity contribution < 1.29 is 9.50 Å². The van der Waals surface area contributed by atoms with Gasteiger partial charge in [0.15, 0.2) is 0 Å². The number of aliphatic hydroxyl groups is 1. The van der Waals surface area contributed by atoms with Crippen molar-refractivity contribution in [3.8, 4) is 0 Å². The number of hydrogen-bond acceptors (Lipinski definition) is 2. The first-order valence-corrected chi connectivity index (χ1v) is 7.35. The van der Waals surface area contributed by atoms with Crippen molar-refractivity contribution in [1.29, 1.82) is 0 Å². The summed E-state index contributed by atoms with van der Waals surface area (Å²) >= 11 is 6.60. The van der Waals surface area contributed by atoms with Crippen molar-refractivity contribution in [3.05, 3.63) is 50.4 Å². The van der Waals surface area contributed by atoms with Gasteiger partial charge in [0, 0.05) is 10.5 Å². The third-order valence-electron chi connectivity index (χ3n) is 2.74. The number of aliphatic hydroxyl groups excluding tert-OH is 1. The molecule has 0 saturated heterocycles. The Bertz CT molecular complexity index is 578. The summed E-state index contributed by atoms with van der Waals surface area (Å²) in [5, 5.41) is 14.7. The van der Waals surface area contributed by atoms with Crippen LogP contribution in [0.2, 0.25) is 0 Å². The van der Waals surface area contributed by atoms with E-state index in [-0.39, 0.29) is 6.04 Å². The SMILES string of the molecule is CC(C)n1ncc(Br)c1C(O)c1cc(F)cc(Br)c1. The second-order valence-corrected chi connectivity index (χ2v) is 6.29. The van der Waals surface area contributed by atoms with Crippen molar-refractivity contribution in [2.24, 2.45) is 0 Å². The molecule has 1 unspecified atom stereocenters. The number of nitrogens with zero attached hydrogens (tertiary/aromatic N) is 2. The fourth-order valence-corrected chi connectivity index (χ4v) is 2.88. The summed E-state index contributed by atoms with van der Waals surface area (Å²) in [7, 11) is 0. The molecular weight excluding hydrogens is 379 g/mol. The van der Waals surface area contributed by atoms with E-state index in [1.807, 2.05) is 13.8 Å². The average Bonchev–Trinajstić information content (AvgIpc) is 2.69. The maximum atomic E-state index is 13.4. The molecule has 6 heteroatoms. The molecule has 1 heterocycles. The zero-order chi connectivity index (χ0) is 14.2. The van der Waals surface area contributed by atoms with Crippen LogP contribution in [0.25, 0.3) is 0 Å². The minimum atomic E-state index is -0.939. The van der Waals surface area contributed by atoms with Crippen LogP contribution in [0.1, 0.15) is 37.3 Å². The summed E-state index contributed by atoms with van der Waals surface area (Å²) < 4.78 is 16.4.